The zero-order valence-corrected chi connectivity index (χ0v) is 12.1. The Kier molecular flexibility index (Phi) is 3.77. The lowest BCUT2D eigenvalue weighted by molar-refractivity contribution is 0.251. The van der Waals surface area contributed by atoms with Gasteiger partial charge in [-0.25, -0.2) is 0 Å². The monoisotopic (exact) mass is 280 g/mol. The van der Waals surface area contributed by atoms with Crippen LogP contribution in [0.2, 0.25) is 0 Å². The molecule has 0 aromatic carbocycles. The molecule has 0 amide bonds. The Hall–Kier alpha value is -1.04. The van der Waals surface area contributed by atoms with Gasteiger partial charge in [0.15, 0.2) is 11.0 Å². The lowest BCUT2D eigenvalue weighted by Gasteiger charge is -2.35. The van der Waals surface area contributed by atoms with E-state index in [0.717, 1.165) is 29.9 Å². The molecule has 1 saturated carbocycles. The Bertz CT molecular complexity index is 438. The van der Waals surface area contributed by atoms with Crippen LogP contribution in [0.15, 0.2) is 15.9 Å². The third-order valence-electron chi connectivity index (χ3n) is 4.09. The van der Waals surface area contributed by atoms with Gasteiger partial charge in [-0.2, -0.15) is 4.98 Å². The van der Waals surface area contributed by atoms with E-state index >= 15 is 0 Å². The van der Waals surface area contributed by atoms with Gasteiger partial charge in [0.05, 0.1) is 0 Å². The Labute approximate surface area is 117 Å². The van der Waals surface area contributed by atoms with Gasteiger partial charge in [0.2, 0.25) is 6.39 Å². The topological polar surface area (TPSA) is 63.3 Å². The average Bonchev–Trinajstić information content (AvgIpc) is 3.05. The molecule has 0 unspecified atom stereocenters. The largest absolute Gasteiger partial charge is 0.359 e. The number of aliphatic imine (C=N–C) groups is 1. The molecule has 0 radical (unpaired) electrons. The van der Waals surface area contributed by atoms with Crippen molar-refractivity contribution in [3.63, 3.8) is 0 Å². The summed E-state index contributed by atoms with van der Waals surface area (Å²) < 4.78 is 4.71. The highest BCUT2D eigenvalue weighted by molar-refractivity contribution is 8.14. The van der Waals surface area contributed by atoms with Crippen LogP contribution in [0.4, 0.5) is 0 Å². The van der Waals surface area contributed by atoms with Crippen molar-refractivity contribution in [2.45, 2.75) is 44.6 Å². The standard InChI is InChI=1S/C13H20N4OS/c1-10-2-5-13(6-3-10)8-19-12(16-13)14-7-4-11-15-9-18-17-11/h9-10H,2-8H2,1H3,(H,14,16). The van der Waals surface area contributed by atoms with Crippen LogP contribution in [0.5, 0.6) is 0 Å². The average molecular weight is 280 g/mol. The van der Waals surface area contributed by atoms with Crippen molar-refractivity contribution in [1.82, 2.24) is 15.5 Å². The normalized spacial score (nSPS) is 32.9. The second-order valence-corrected chi connectivity index (χ2v) is 6.62. The number of hydrogen-bond donors (Lipinski definition) is 1. The van der Waals surface area contributed by atoms with Crippen molar-refractivity contribution in [3.8, 4) is 0 Å². The molecule has 1 N–H and O–H groups in total. The molecule has 1 aliphatic carbocycles. The summed E-state index contributed by atoms with van der Waals surface area (Å²) in [5, 5.41) is 8.54. The van der Waals surface area contributed by atoms with Gasteiger partial charge in [0.25, 0.3) is 0 Å². The molecular formula is C13H20N4OS. The number of nitrogens with one attached hydrogen (secondary N) is 1. The molecule has 6 heteroatoms. The van der Waals surface area contributed by atoms with Crippen LogP contribution >= 0.6 is 11.8 Å². The lowest BCUT2D eigenvalue weighted by atomic mass is 9.78. The summed E-state index contributed by atoms with van der Waals surface area (Å²) in [6.45, 7) is 3.08. The van der Waals surface area contributed by atoms with Gasteiger partial charge in [-0.05, 0) is 31.6 Å². The highest BCUT2D eigenvalue weighted by Crippen LogP contribution is 2.38. The van der Waals surface area contributed by atoms with Crippen LogP contribution in [-0.4, -0.2) is 33.1 Å². The van der Waals surface area contributed by atoms with Crippen molar-refractivity contribution in [2.24, 2.45) is 10.9 Å². The van der Waals surface area contributed by atoms with Crippen molar-refractivity contribution >= 4 is 16.9 Å². The molecule has 2 fully saturated rings. The van der Waals surface area contributed by atoms with E-state index in [9.17, 15) is 0 Å². The lowest BCUT2D eigenvalue weighted by Crippen LogP contribution is -2.46. The smallest absolute Gasteiger partial charge is 0.213 e. The molecule has 5 nitrogen and oxygen atoms in total. The molecule has 104 valence electrons. The van der Waals surface area contributed by atoms with Crippen molar-refractivity contribution in [1.29, 1.82) is 0 Å². The van der Waals surface area contributed by atoms with Crippen LogP contribution in [-0.2, 0) is 6.42 Å². The second kappa shape index (κ2) is 5.53. The number of nitrogens with zero attached hydrogens (tertiary/aromatic N) is 3. The first kappa shape index (κ1) is 13.0. The first-order valence-corrected chi connectivity index (χ1v) is 7.95. The van der Waals surface area contributed by atoms with Gasteiger partial charge < -0.3 is 9.84 Å². The van der Waals surface area contributed by atoms with Crippen molar-refractivity contribution in [2.75, 3.05) is 12.3 Å². The number of rotatable bonds is 3. The minimum Gasteiger partial charge on any atom is -0.359 e. The van der Waals surface area contributed by atoms with E-state index in [1.165, 1.54) is 37.8 Å². The SMILES string of the molecule is CC1CCC2(CC1)CSC(=NCCc1ncon1)N2. The molecule has 1 saturated heterocycles. The molecule has 2 aliphatic rings. The second-order valence-electron chi connectivity index (χ2n) is 5.66. The molecule has 0 bridgehead atoms. The van der Waals surface area contributed by atoms with Gasteiger partial charge in [-0.1, -0.05) is 23.8 Å². The van der Waals surface area contributed by atoms with E-state index in [1.807, 2.05) is 11.8 Å². The summed E-state index contributed by atoms with van der Waals surface area (Å²) in [5.74, 6) is 2.78. The molecule has 1 spiro atoms. The molecule has 1 aromatic heterocycles. The maximum atomic E-state index is 4.71. The fourth-order valence-electron chi connectivity index (χ4n) is 2.73. The quantitative estimate of drug-likeness (QED) is 0.920. The van der Waals surface area contributed by atoms with E-state index < -0.39 is 0 Å². The maximum absolute atomic E-state index is 4.71. The fraction of sp³-hybridized carbons (Fsp3) is 0.769. The molecular weight excluding hydrogens is 260 g/mol. The number of aromatic nitrogens is 2. The molecule has 1 aromatic rings. The zero-order valence-electron chi connectivity index (χ0n) is 11.3. The predicted octanol–water partition coefficient (Wildman–Crippen LogP) is 2.25. The fourth-order valence-corrected chi connectivity index (χ4v) is 3.98. The molecule has 0 atom stereocenters. The predicted molar refractivity (Wildman–Crippen MR) is 76.3 cm³/mol. The van der Waals surface area contributed by atoms with Crippen molar-refractivity contribution < 1.29 is 4.52 Å². The van der Waals surface area contributed by atoms with Gasteiger partial charge in [-0.15, -0.1) is 0 Å². The number of hydrogen-bond acceptors (Lipinski definition) is 5. The third-order valence-corrected chi connectivity index (χ3v) is 5.29. The summed E-state index contributed by atoms with van der Waals surface area (Å²) in [7, 11) is 0. The summed E-state index contributed by atoms with van der Waals surface area (Å²) in [4.78, 5) is 8.61. The molecule has 1 aliphatic heterocycles. The highest BCUT2D eigenvalue weighted by Gasteiger charge is 2.39. The third kappa shape index (κ3) is 3.11. The highest BCUT2D eigenvalue weighted by atomic mass is 32.2. The minimum absolute atomic E-state index is 0.322. The van der Waals surface area contributed by atoms with Crippen LogP contribution in [0, 0.1) is 5.92 Å². The molecule has 2 heterocycles. The van der Waals surface area contributed by atoms with Crippen molar-refractivity contribution in [3.05, 3.63) is 12.2 Å². The van der Waals surface area contributed by atoms with E-state index in [2.05, 4.69) is 27.4 Å². The van der Waals surface area contributed by atoms with Gasteiger partial charge in [0.1, 0.15) is 0 Å². The summed E-state index contributed by atoms with van der Waals surface area (Å²) in [5.41, 5.74) is 0.322. The molecule has 19 heavy (non-hydrogen) atoms. The Morgan fingerprint density at radius 3 is 3.11 bits per heavy atom. The number of amidine groups is 1. The van der Waals surface area contributed by atoms with Crippen LogP contribution < -0.4 is 5.32 Å². The maximum Gasteiger partial charge on any atom is 0.213 e. The molecule has 3 rings (SSSR count). The van der Waals surface area contributed by atoms with E-state index in [0.29, 0.717) is 5.54 Å². The van der Waals surface area contributed by atoms with E-state index in [4.69, 9.17) is 4.52 Å². The van der Waals surface area contributed by atoms with Crippen LogP contribution in [0.3, 0.4) is 0 Å². The van der Waals surface area contributed by atoms with Gasteiger partial charge in [-0.3, -0.25) is 4.99 Å². The first-order valence-electron chi connectivity index (χ1n) is 6.96. The summed E-state index contributed by atoms with van der Waals surface area (Å²) >= 11 is 1.86. The minimum atomic E-state index is 0.322. The Morgan fingerprint density at radius 1 is 1.53 bits per heavy atom. The first-order chi connectivity index (χ1) is 9.26. The van der Waals surface area contributed by atoms with Gasteiger partial charge >= 0.3 is 0 Å². The zero-order chi connectivity index (χ0) is 13.1. The Morgan fingerprint density at radius 2 is 2.37 bits per heavy atom. The Balaban J connectivity index is 1.51. The summed E-state index contributed by atoms with van der Waals surface area (Å²) in [6.07, 6.45) is 7.35. The van der Waals surface area contributed by atoms with Gasteiger partial charge in [0, 0.05) is 24.3 Å². The van der Waals surface area contributed by atoms with E-state index in [-0.39, 0.29) is 0 Å². The van der Waals surface area contributed by atoms with E-state index in [1.54, 1.807) is 0 Å². The number of thioether (sulfide) groups is 1. The van der Waals surface area contributed by atoms with Crippen LogP contribution in [0.25, 0.3) is 0 Å². The summed E-state index contributed by atoms with van der Waals surface area (Å²) in [6, 6.07) is 0. The van der Waals surface area contributed by atoms with Crippen LogP contribution in [0.1, 0.15) is 38.4 Å².